The fourth-order valence-corrected chi connectivity index (χ4v) is 5.09. The standard InChI is InChI=1S/C27H20Cl3N3O4S/c1-16-13-25(32-26(34)17-5-3-2-4-6-17)22(30)15-24(16)31-27(35)21-14-19(29)9-12-23(21)33-38(36,37)20-10-7-18(28)8-11-20/h2-15,33H,1H3,(H,31,35)(H,32,34). The van der Waals surface area contributed by atoms with Gasteiger partial charge in [-0.1, -0.05) is 53.0 Å². The van der Waals surface area contributed by atoms with Gasteiger partial charge in [0.25, 0.3) is 21.8 Å². The van der Waals surface area contributed by atoms with Crippen molar-refractivity contribution < 1.29 is 18.0 Å². The average Bonchev–Trinajstić information content (AvgIpc) is 2.88. The maximum Gasteiger partial charge on any atom is 0.261 e. The van der Waals surface area contributed by atoms with Crippen molar-refractivity contribution in [1.82, 2.24) is 0 Å². The third-order valence-corrected chi connectivity index (χ3v) is 7.62. The van der Waals surface area contributed by atoms with E-state index >= 15 is 0 Å². The van der Waals surface area contributed by atoms with Crippen LogP contribution in [0.4, 0.5) is 17.1 Å². The van der Waals surface area contributed by atoms with Gasteiger partial charge in [0, 0.05) is 21.3 Å². The molecule has 0 bridgehead atoms. The lowest BCUT2D eigenvalue weighted by atomic mass is 10.1. The van der Waals surface area contributed by atoms with Gasteiger partial charge in [-0.15, -0.1) is 0 Å². The molecule has 0 aliphatic rings. The van der Waals surface area contributed by atoms with E-state index in [1.165, 1.54) is 48.5 Å². The number of aryl methyl sites for hydroxylation is 1. The molecule has 2 amide bonds. The highest BCUT2D eigenvalue weighted by Crippen LogP contribution is 2.31. The molecule has 38 heavy (non-hydrogen) atoms. The van der Waals surface area contributed by atoms with Crippen LogP contribution in [0.25, 0.3) is 0 Å². The van der Waals surface area contributed by atoms with Crippen LogP contribution in [0.15, 0.2) is 89.8 Å². The summed E-state index contributed by atoms with van der Waals surface area (Å²) in [5.74, 6) is -0.957. The topological polar surface area (TPSA) is 104 Å². The Hall–Kier alpha value is -3.56. The monoisotopic (exact) mass is 587 g/mol. The van der Waals surface area contributed by atoms with Crippen LogP contribution in [-0.4, -0.2) is 20.2 Å². The van der Waals surface area contributed by atoms with Crippen molar-refractivity contribution >= 4 is 73.7 Å². The number of carbonyl (C=O) groups is 2. The normalized spacial score (nSPS) is 11.1. The molecule has 0 aliphatic carbocycles. The zero-order valence-electron chi connectivity index (χ0n) is 19.8. The SMILES string of the molecule is Cc1cc(NC(=O)c2ccccc2)c(Cl)cc1NC(=O)c1cc(Cl)ccc1NS(=O)(=O)c1ccc(Cl)cc1. The van der Waals surface area contributed by atoms with Gasteiger partial charge in [-0.2, -0.15) is 0 Å². The van der Waals surface area contributed by atoms with Crippen LogP contribution in [0.5, 0.6) is 0 Å². The summed E-state index contributed by atoms with van der Waals surface area (Å²) in [5.41, 5.74) is 1.83. The predicted molar refractivity (Wildman–Crippen MR) is 152 cm³/mol. The Labute approximate surface area is 234 Å². The zero-order valence-corrected chi connectivity index (χ0v) is 22.8. The van der Waals surface area contributed by atoms with E-state index in [1.54, 1.807) is 43.3 Å². The molecule has 0 spiro atoms. The van der Waals surface area contributed by atoms with E-state index in [0.717, 1.165) is 0 Å². The van der Waals surface area contributed by atoms with Crippen molar-refractivity contribution in [2.75, 3.05) is 15.4 Å². The predicted octanol–water partition coefficient (Wildman–Crippen LogP) is 7.26. The summed E-state index contributed by atoms with van der Waals surface area (Å²) in [6.07, 6.45) is 0. The molecule has 11 heteroatoms. The van der Waals surface area contributed by atoms with E-state index in [0.29, 0.717) is 27.5 Å². The smallest absolute Gasteiger partial charge is 0.261 e. The molecule has 194 valence electrons. The fraction of sp³-hybridized carbons (Fsp3) is 0.0370. The average molecular weight is 589 g/mol. The second kappa shape index (κ2) is 11.4. The minimum atomic E-state index is -4.02. The summed E-state index contributed by atoms with van der Waals surface area (Å²) in [7, 11) is -4.02. The minimum Gasteiger partial charge on any atom is -0.322 e. The van der Waals surface area contributed by atoms with Crippen LogP contribution in [-0.2, 0) is 10.0 Å². The number of nitrogens with one attached hydrogen (secondary N) is 3. The second-order valence-electron chi connectivity index (χ2n) is 8.17. The number of hydrogen-bond donors (Lipinski definition) is 3. The Morgan fingerprint density at radius 1 is 0.684 bits per heavy atom. The summed E-state index contributed by atoms with van der Waals surface area (Å²) >= 11 is 18.4. The highest BCUT2D eigenvalue weighted by atomic mass is 35.5. The molecule has 0 saturated heterocycles. The first-order valence-electron chi connectivity index (χ1n) is 11.1. The van der Waals surface area contributed by atoms with Crippen molar-refractivity contribution in [2.24, 2.45) is 0 Å². The van der Waals surface area contributed by atoms with Crippen LogP contribution in [0.2, 0.25) is 15.1 Å². The van der Waals surface area contributed by atoms with Gasteiger partial charge in [0.1, 0.15) is 0 Å². The molecule has 0 atom stereocenters. The molecule has 4 aromatic rings. The number of hydrogen-bond acceptors (Lipinski definition) is 4. The van der Waals surface area contributed by atoms with Gasteiger partial charge in [-0.25, -0.2) is 8.42 Å². The number of benzene rings is 4. The number of halogens is 3. The van der Waals surface area contributed by atoms with E-state index in [4.69, 9.17) is 34.8 Å². The number of carbonyl (C=O) groups excluding carboxylic acids is 2. The maximum atomic E-state index is 13.2. The molecule has 0 fully saturated rings. The maximum absolute atomic E-state index is 13.2. The quantitative estimate of drug-likeness (QED) is 0.211. The number of rotatable bonds is 7. The van der Waals surface area contributed by atoms with Gasteiger partial charge < -0.3 is 10.6 Å². The van der Waals surface area contributed by atoms with Crippen molar-refractivity contribution in [2.45, 2.75) is 11.8 Å². The van der Waals surface area contributed by atoms with Gasteiger partial charge >= 0.3 is 0 Å². The zero-order chi connectivity index (χ0) is 27.4. The highest BCUT2D eigenvalue weighted by Gasteiger charge is 2.20. The van der Waals surface area contributed by atoms with Crippen LogP contribution in [0, 0.1) is 6.92 Å². The number of sulfonamides is 1. The minimum absolute atomic E-state index is 0.00739. The molecule has 0 unspecified atom stereocenters. The molecule has 3 N–H and O–H groups in total. The first-order valence-corrected chi connectivity index (χ1v) is 13.7. The van der Waals surface area contributed by atoms with Crippen molar-refractivity contribution in [3.63, 3.8) is 0 Å². The Morgan fingerprint density at radius 2 is 1.32 bits per heavy atom. The third kappa shape index (κ3) is 6.46. The lowest BCUT2D eigenvalue weighted by Crippen LogP contribution is -2.19. The van der Waals surface area contributed by atoms with Crippen molar-refractivity contribution in [3.8, 4) is 0 Å². The van der Waals surface area contributed by atoms with Gasteiger partial charge in [-0.3, -0.25) is 14.3 Å². The van der Waals surface area contributed by atoms with Crippen LogP contribution in [0.3, 0.4) is 0 Å². The molecule has 4 rings (SSSR count). The van der Waals surface area contributed by atoms with E-state index in [1.807, 2.05) is 0 Å². The molecular formula is C27H20Cl3N3O4S. The Balaban J connectivity index is 1.57. The molecule has 0 aliphatic heterocycles. The molecule has 4 aromatic carbocycles. The Morgan fingerprint density at radius 3 is 2.00 bits per heavy atom. The first-order chi connectivity index (χ1) is 18.0. The van der Waals surface area contributed by atoms with Gasteiger partial charge in [0.15, 0.2) is 0 Å². The first kappa shape index (κ1) is 27.5. The fourth-order valence-electron chi connectivity index (χ4n) is 3.50. The van der Waals surface area contributed by atoms with Gasteiger partial charge in [-0.05, 0) is 79.2 Å². The van der Waals surface area contributed by atoms with Crippen LogP contribution >= 0.6 is 34.8 Å². The largest absolute Gasteiger partial charge is 0.322 e. The lowest BCUT2D eigenvalue weighted by Gasteiger charge is -2.16. The molecule has 0 heterocycles. The summed E-state index contributed by atoms with van der Waals surface area (Å²) in [5, 5.41) is 6.31. The van der Waals surface area contributed by atoms with Crippen LogP contribution < -0.4 is 15.4 Å². The van der Waals surface area contributed by atoms with E-state index < -0.39 is 15.9 Å². The van der Waals surface area contributed by atoms with E-state index in [2.05, 4.69) is 15.4 Å². The van der Waals surface area contributed by atoms with E-state index in [9.17, 15) is 18.0 Å². The Kier molecular flexibility index (Phi) is 8.28. The van der Waals surface area contributed by atoms with Gasteiger partial charge in [0.05, 0.1) is 26.9 Å². The molecule has 0 aromatic heterocycles. The summed E-state index contributed by atoms with van der Waals surface area (Å²) < 4.78 is 28.2. The summed E-state index contributed by atoms with van der Waals surface area (Å²) in [4.78, 5) is 25.7. The number of anilines is 3. The summed E-state index contributed by atoms with van der Waals surface area (Å²) in [6, 6.07) is 21.6. The van der Waals surface area contributed by atoms with Crippen molar-refractivity contribution in [3.05, 3.63) is 117 Å². The second-order valence-corrected chi connectivity index (χ2v) is 11.1. The molecular weight excluding hydrogens is 569 g/mol. The molecule has 0 saturated carbocycles. The molecule has 7 nitrogen and oxygen atoms in total. The van der Waals surface area contributed by atoms with Gasteiger partial charge in [0.2, 0.25) is 0 Å². The lowest BCUT2D eigenvalue weighted by molar-refractivity contribution is 0.101. The highest BCUT2D eigenvalue weighted by molar-refractivity contribution is 7.92. The molecule has 0 radical (unpaired) electrons. The van der Waals surface area contributed by atoms with Crippen LogP contribution in [0.1, 0.15) is 26.3 Å². The van der Waals surface area contributed by atoms with E-state index in [-0.39, 0.29) is 32.1 Å². The third-order valence-electron chi connectivity index (χ3n) is 5.44. The van der Waals surface area contributed by atoms with Crippen molar-refractivity contribution in [1.29, 1.82) is 0 Å². The number of amides is 2. The summed E-state index contributed by atoms with van der Waals surface area (Å²) in [6.45, 7) is 1.73. The Bertz CT molecular complexity index is 1630.